The van der Waals surface area contributed by atoms with E-state index in [0.29, 0.717) is 27.7 Å². The predicted molar refractivity (Wildman–Crippen MR) is 141 cm³/mol. The van der Waals surface area contributed by atoms with Crippen molar-refractivity contribution in [3.63, 3.8) is 0 Å². The molecule has 0 aliphatic carbocycles. The molecule has 0 radical (unpaired) electrons. The second-order valence-electron chi connectivity index (χ2n) is 8.66. The number of rotatable bonds is 7. The van der Waals surface area contributed by atoms with E-state index >= 15 is 0 Å². The van der Waals surface area contributed by atoms with E-state index in [4.69, 9.17) is 16.3 Å². The number of ether oxygens (including phenoxy) is 1. The second-order valence-corrected chi connectivity index (χ2v) is 9.09. The van der Waals surface area contributed by atoms with Crippen LogP contribution in [0.2, 0.25) is 5.02 Å². The van der Waals surface area contributed by atoms with Gasteiger partial charge in [-0.25, -0.2) is 13.9 Å². The van der Waals surface area contributed by atoms with E-state index in [1.165, 1.54) is 22.9 Å². The van der Waals surface area contributed by atoms with Crippen LogP contribution in [0.15, 0.2) is 83.3 Å². The van der Waals surface area contributed by atoms with E-state index in [2.05, 4.69) is 10.4 Å². The van der Waals surface area contributed by atoms with Gasteiger partial charge in [-0.1, -0.05) is 35.9 Å². The number of halogens is 2. The topological polar surface area (TPSA) is 96.4 Å². The average Bonchev–Trinajstić information content (AvgIpc) is 3.36. The number of carbonyl (C=O) groups is 2. The maximum atomic E-state index is 13.5. The third-order valence-electron chi connectivity index (χ3n) is 6.11. The SMILES string of the molecule is COc1ccc(-n2[nH]c(Cc3ccc(F)cc3)c(/C=C3\NC(=O)N(Cc4cccc(Cl)c4)C3=O)c2=O)cc1. The molecule has 192 valence electrons. The number of hydrogen-bond donors (Lipinski definition) is 2. The molecular formula is C28H22ClFN4O4. The molecular weight excluding hydrogens is 511 g/mol. The Hall–Kier alpha value is -4.63. The van der Waals surface area contributed by atoms with Gasteiger partial charge in [0.25, 0.3) is 11.5 Å². The molecule has 2 heterocycles. The van der Waals surface area contributed by atoms with Gasteiger partial charge in [-0.05, 0) is 65.7 Å². The first-order valence-corrected chi connectivity index (χ1v) is 12.0. The van der Waals surface area contributed by atoms with Crippen molar-refractivity contribution >= 4 is 29.6 Å². The predicted octanol–water partition coefficient (Wildman–Crippen LogP) is 4.65. The summed E-state index contributed by atoms with van der Waals surface area (Å²) in [5.41, 5.74) is 2.20. The molecule has 10 heteroatoms. The molecule has 2 N–H and O–H groups in total. The van der Waals surface area contributed by atoms with Gasteiger partial charge in [0.2, 0.25) is 0 Å². The number of nitrogens with zero attached hydrogens (tertiary/aromatic N) is 2. The molecule has 1 fully saturated rings. The number of aromatic nitrogens is 2. The zero-order valence-electron chi connectivity index (χ0n) is 20.2. The van der Waals surface area contributed by atoms with Gasteiger partial charge in [-0.2, -0.15) is 0 Å². The van der Waals surface area contributed by atoms with E-state index < -0.39 is 17.5 Å². The van der Waals surface area contributed by atoms with Crippen LogP contribution in [0.3, 0.4) is 0 Å². The summed E-state index contributed by atoms with van der Waals surface area (Å²) in [5, 5.41) is 6.15. The Morgan fingerprint density at radius 1 is 0.974 bits per heavy atom. The van der Waals surface area contributed by atoms with E-state index in [9.17, 15) is 18.8 Å². The molecule has 3 aromatic carbocycles. The van der Waals surface area contributed by atoms with E-state index in [0.717, 1.165) is 10.5 Å². The lowest BCUT2D eigenvalue weighted by Gasteiger charge is -2.11. The van der Waals surface area contributed by atoms with Crippen LogP contribution in [0.5, 0.6) is 5.75 Å². The molecule has 5 rings (SSSR count). The van der Waals surface area contributed by atoms with E-state index in [1.807, 2.05) is 0 Å². The monoisotopic (exact) mass is 532 g/mol. The van der Waals surface area contributed by atoms with Crippen LogP contribution in [0.25, 0.3) is 11.8 Å². The number of aromatic amines is 1. The Balaban J connectivity index is 1.52. The Bertz CT molecular complexity index is 1610. The third kappa shape index (κ3) is 5.09. The molecule has 1 aliphatic heterocycles. The highest BCUT2D eigenvalue weighted by molar-refractivity contribution is 6.30. The van der Waals surface area contributed by atoms with Crippen LogP contribution in [-0.2, 0) is 17.8 Å². The number of H-pyrrole nitrogens is 1. The molecule has 8 nitrogen and oxygen atoms in total. The van der Waals surface area contributed by atoms with Gasteiger partial charge < -0.3 is 10.1 Å². The van der Waals surface area contributed by atoms with Gasteiger partial charge >= 0.3 is 6.03 Å². The summed E-state index contributed by atoms with van der Waals surface area (Å²) in [6.07, 6.45) is 1.63. The number of imide groups is 1. The molecule has 38 heavy (non-hydrogen) atoms. The van der Waals surface area contributed by atoms with Crippen LogP contribution in [0.1, 0.15) is 22.4 Å². The van der Waals surface area contributed by atoms with Crippen LogP contribution in [0.4, 0.5) is 9.18 Å². The summed E-state index contributed by atoms with van der Waals surface area (Å²) in [7, 11) is 1.55. The quantitative estimate of drug-likeness (QED) is 0.267. The van der Waals surface area contributed by atoms with Crippen LogP contribution in [0, 0.1) is 5.82 Å². The summed E-state index contributed by atoms with van der Waals surface area (Å²) in [4.78, 5) is 40.3. The highest BCUT2D eigenvalue weighted by atomic mass is 35.5. The van der Waals surface area contributed by atoms with Gasteiger partial charge in [-0.15, -0.1) is 0 Å². The molecule has 0 saturated carbocycles. The maximum absolute atomic E-state index is 13.5. The zero-order chi connectivity index (χ0) is 26.8. The second kappa shape index (κ2) is 10.4. The lowest BCUT2D eigenvalue weighted by Crippen LogP contribution is -2.30. The number of amides is 3. The summed E-state index contributed by atoms with van der Waals surface area (Å²) in [6, 6.07) is 19.0. The van der Waals surface area contributed by atoms with Crippen molar-refractivity contribution in [3.8, 4) is 11.4 Å². The van der Waals surface area contributed by atoms with Crippen LogP contribution in [-0.4, -0.2) is 33.7 Å². The minimum atomic E-state index is -0.604. The molecule has 0 atom stereocenters. The largest absolute Gasteiger partial charge is 0.497 e. The van der Waals surface area contributed by atoms with Crippen molar-refractivity contribution in [3.05, 3.63) is 122 Å². The van der Waals surface area contributed by atoms with Gasteiger partial charge in [0.05, 0.1) is 24.9 Å². The van der Waals surface area contributed by atoms with Gasteiger partial charge in [0.1, 0.15) is 17.3 Å². The fourth-order valence-electron chi connectivity index (χ4n) is 4.18. The lowest BCUT2D eigenvalue weighted by molar-refractivity contribution is -0.123. The smallest absolute Gasteiger partial charge is 0.329 e. The normalized spacial score (nSPS) is 14.3. The van der Waals surface area contributed by atoms with Crippen molar-refractivity contribution in [2.24, 2.45) is 0 Å². The van der Waals surface area contributed by atoms with Gasteiger partial charge in [0, 0.05) is 17.1 Å². The number of hydrogen-bond acceptors (Lipinski definition) is 4. The van der Waals surface area contributed by atoms with Crippen molar-refractivity contribution in [2.45, 2.75) is 13.0 Å². The number of benzene rings is 3. The number of nitrogens with one attached hydrogen (secondary N) is 2. The maximum Gasteiger partial charge on any atom is 0.329 e. The summed E-state index contributed by atoms with van der Waals surface area (Å²) in [6.45, 7) is 0.0220. The van der Waals surface area contributed by atoms with Gasteiger partial charge in [0.15, 0.2) is 0 Å². The first kappa shape index (κ1) is 25.0. The highest BCUT2D eigenvalue weighted by Crippen LogP contribution is 2.21. The summed E-state index contributed by atoms with van der Waals surface area (Å²) < 4.78 is 20.0. The van der Waals surface area contributed by atoms with Crippen molar-refractivity contribution in [1.82, 2.24) is 20.0 Å². The number of carbonyl (C=O) groups excluding carboxylic acids is 2. The molecule has 1 aromatic heterocycles. The third-order valence-corrected chi connectivity index (χ3v) is 6.35. The molecule has 1 aliphatic rings. The van der Waals surface area contributed by atoms with Gasteiger partial charge in [-0.3, -0.25) is 19.6 Å². The minimum Gasteiger partial charge on any atom is -0.497 e. The standard InChI is InChI=1S/C28H22ClFN4O4/c1-38-22-11-9-21(10-12-22)34-26(35)23(24(32-34)14-17-5-7-20(30)8-6-17)15-25-27(36)33(28(37)31-25)16-18-3-2-4-19(29)13-18/h2-13,15,32H,14,16H2,1H3,(H,31,37)/b25-15-. The Morgan fingerprint density at radius 2 is 1.71 bits per heavy atom. The van der Waals surface area contributed by atoms with Crippen molar-refractivity contribution in [2.75, 3.05) is 7.11 Å². The molecule has 3 amide bonds. The highest BCUT2D eigenvalue weighted by Gasteiger charge is 2.34. The fraction of sp³-hybridized carbons (Fsp3) is 0.107. The number of urea groups is 1. The zero-order valence-corrected chi connectivity index (χ0v) is 21.0. The number of methoxy groups -OCH3 is 1. The Kier molecular flexibility index (Phi) is 6.85. The van der Waals surface area contributed by atoms with Crippen LogP contribution >= 0.6 is 11.6 Å². The molecule has 0 unspecified atom stereocenters. The first-order valence-electron chi connectivity index (χ1n) is 11.6. The first-order chi connectivity index (χ1) is 18.3. The molecule has 4 aromatic rings. The van der Waals surface area contributed by atoms with E-state index in [1.54, 1.807) is 67.8 Å². The Morgan fingerprint density at radius 3 is 2.39 bits per heavy atom. The minimum absolute atomic E-state index is 0.0220. The fourth-order valence-corrected chi connectivity index (χ4v) is 4.39. The Labute approximate surface area is 221 Å². The van der Waals surface area contributed by atoms with Crippen molar-refractivity contribution < 1.29 is 18.7 Å². The van der Waals surface area contributed by atoms with Crippen molar-refractivity contribution in [1.29, 1.82) is 0 Å². The molecule has 1 saturated heterocycles. The summed E-state index contributed by atoms with van der Waals surface area (Å²) in [5.74, 6) is -0.319. The lowest BCUT2D eigenvalue weighted by atomic mass is 10.1. The average molecular weight is 533 g/mol. The van der Waals surface area contributed by atoms with E-state index in [-0.39, 0.29) is 30.0 Å². The van der Waals surface area contributed by atoms with Crippen LogP contribution < -0.4 is 15.6 Å². The molecule has 0 spiro atoms. The summed E-state index contributed by atoms with van der Waals surface area (Å²) >= 11 is 6.04. The molecule has 0 bridgehead atoms.